The maximum atomic E-state index is 5.91. The second kappa shape index (κ2) is 6.05. The van der Waals surface area contributed by atoms with Gasteiger partial charge < -0.3 is 19.9 Å². The Morgan fingerprint density at radius 3 is 2.81 bits per heavy atom. The van der Waals surface area contributed by atoms with Crippen LogP contribution in [0.5, 0.6) is 17.2 Å². The van der Waals surface area contributed by atoms with E-state index in [1.807, 2.05) is 29.9 Å². The Hall–Kier alpha value is -2.21. The van der Waals surface area contributed by atoms with Crippen LogP contribution >= 0.6 is 0 Å². The predicted octanol–water partition coefficient (Wildman–Crippen LogP) is 1.27. The molecule has 6 nitrogen and oxygen atoms in total. The normalized spacial score (nSPS) is 12.7. The molecule has 0 spiro atoms. The summed E-state index contributed by atoms with van der Waals surface area (Å²) in [6.07, 6.45) is 3.33. The van der Waals surface area contributed by atoms with E-state index >= 15 is 0 Å². The molecule has 6 heteroatoms. The van der Waals surface area contributed by atoms with Crippen LogP contribution in [0, 0.1) is 0 Å². The van der Waals surface area contributed by atoms with Crippen LogP contribution in [0.2, 0.25) is 0 Å². The van der Waals surface area contributed by atoms with E-state index < -0.39 is 0 Å². The molecule has 0 amide bonds. The fourth-order valence-electron chi connectivity index (χ4n) is 2.36. The average Bonchev–Trinajstić information content (AvgIpc) is 3.08. The fourth-order valence-corrected chi connectivity index (χ4v) is 2.36. The van der Waals surface area contributed by atoms with Crippen molar-refractivity contribution in [2.45, 2.75) is 12.8 Å². The number of rotatable bonds is 6. The maximum Gasteiger partial charge on any atom is 0.231 e. The number of hydrogen-bond acceptors (Lipinski definition) is 5. The number of aromatic nitrogens is 2. The minimum atomic E-state index is 0.260. The van der Waals surface area contributed by atoms with Gasteiger partial charge in [0.1, 0.15) is 5.75 Å². The van der Waals surface area contributed by atoms with Gasteiger partial charge in [0.2, 0.25) is 6.79 Å². The number of benzene rings is 1. The van der Waals surface area contributed by atoms with Gasteiger partial charge in [0, 0.05) is 31.4 Å². The van der Waals surface area contributed by atoms with E-state index in [4.69, 9.17) is 19.9 Å². The molecule has 0 atom stereocenters. The Balaban J connectivity index is 1.70. The number of hydrogen-bond donors (Lipinski definition) is 1. The summed E-state index contributed by atoms with van der Waals surface area (Å²) in [5, 5.41) is 4.14. The third kappa shape index (κ3) is 2.95. The van der Waals surface area contributed by atoms with Crippen LogP contribution in [0.1, 0.15) is 11.3 Å². The summed E-state index contributed by atoms with van der Waals surface area (Å²) in [5.74, 6) is 2.30. The van der Waals surface area contributed by atoms with Crippen molar-refractivity contribution < 1.29 is 14.2 Å². The molecule has 1 aromatic heterocycles. The molecule has 2 N–H and O–H groups in total. The van der Waals surface area contributed by atoms with Gasteiger partial charge in [-0.15, -0.1) is 0 Å². The molecular formula is C15H19N3O3. The van der Waals surface area contributed by atoms with Crippen molar-refractivity contribution in [1.82, 2.24) is 9.78 Å². The molecule has 1 aromatic carbocycles. The zero-order valence-corrected chi connectivity index (χ0v) is 12.0. The van der Waals surface area contributed by atoms with Crippen molar-refractivity contribution in [2.24, 2.45) is 12.8 Å². The zero-order valence-electron chi connectivity index (χ0n) is 12.0. The van der Waals surface area contributed by atoms with E-state index in [9.17, 15) is 0 Å². The molecule has 0 bridgehead atoms. The number of nitrogens with two attached hydrogens (primary N) is 1. The van der Waals surface area contributed by atoms with Crippen LogP contribution in [0.3, 0.4) is 0 Å². The van der Waals surface area contributed by atoms with Gasteiger partial charge in [0.15, 0.2) is 11.5 Å². The van der Waals surface area contributed by atoms with Crippen molar-refractivity contribution in [1.29, 1.82) is 0 Å². The summed E-state index contributed by atoms with van der Waals surface area (Å²) in [6.45, 7) is 1.41. The highest BCUT2D eigenvalue weighted by atomic mass is 16.7. The highest BCUT2D eigenvalue weighted by Gasteiger charge is 2.17. The first-order valence-corrected chi connectivity index (χ1v) is 7.00. The summed E-state index contributed by atoms with van der Waals surface area (Å²) in [6, 6.07) is 5.83. The molecule has 0 saturated carbocycles. The van der Waals surface area contributed by atoms with Crippen molar-refractivity contribution in [2.75, 3.05) is 19.9 Å². The van der Waals surface area contributed by atoms with Crippen molar-refractivity contribution in [3.63, 3.8) is 0 Å². The summed E-state index contributed by atoms with van der Waals surface area (Å²) in [5.41, 5.74) is 7.84. The molecule has 0 unspecified atom stereocenters. The number of nitrogens with zero attached hydrogens (tertiary/aromatic N) is 2. The molecule has 3 rings (SSSR count). The highest BCUT2D eigenvalue weighted by Crippen LogP contribution is 2.38. The molecule has 1 aliphatic heterocycles. The van der Waals surface area contributed by atoms with E-state index in [0.717, 1.165) is 41.3 Å². The standard InChI is InChI=1S/C15H19N3O3/c1-18-12(3-6-17-18)4-7-19-13-9-15-14(20-10-21-15)8-11(13)2-5-16/h3,6,8-9H,2,4-5,7,10,16H2,1H3. The van der Waals surface area contributed by atoms with E-state index in [-0.39, 0.29) is 6.79 Å². The molecule has 1 aliphatic rings. The monoisotopic (exact) mass is 289 g/mol. The molecule has 0 aliphatic carbocycles. The lowest BCUT2D eigenvalue weighted by Crippen LogP contribution is -2.09. The molecule has 112 valence electrons. The zero-order chi connectivity index (χ0) is 14.7. The quantitative estimate of drug-likeness (QED) is 0.867. The molecule has 21 heavy (non-hydrogen) atoms. The Morgan fingerprint density at radius 2 is 2.10 bits per heavy atom. The average molecular weight is 289 g/mol. The predicted molar refractivity (Wildman–Crippen MR) is 77.7 cm³/mol. The molecular weight excluding hydrogens is 270 g/mol. The molecule has 0 fully saturated rings. The Labute approximate surface area is 123 Å². The van der Waals surface area contributed by atoms with E-state index in [0.29, 0.717) is 13.2 Å². The van der Waals surface area contributed by atoms with E-state index in [1.54, 1.807) is 6.20 Å². The Morgan fingerprint density at radius 1 is 1.29 bits per heavy atom. The van der Waals surface area contributed by atoms with Gasteiger partial charge in [-0.3, -0.25) is 4.68 Å². The largest absolute Gasteiger partial charge is 0.493 e. The van der Waals surface area contributed by atoms with Crippen LogP contribution in [0.25, 0.3) is 0 Å². The Bertz CT molecular complexity index is 625. The number of aryl methyl sites for hydroxylation is 1. The van der Waals surface area contributed by atoms with Crippen LogP contribution in [0.15, 0.2) is 24.4 Å². The summed E-state index contributed by atoms with van der Waals surface area (Å²) >= 11 is 0. The Kier molecular flexibility index (Phi) is 3.96. The first kappa shape index (κ1) is 13.8. The second-order valence-electron chi connectivity index (χ2n) is 4.90. The second-order valence-corrected chi connectivity index (χ2v) is 4.90. The lowest BCUT2D eigenvalue weighted by molar-refractivity contribution is 0.173. The lowest BCUT2D eigenvalue weighted by atomic mass is 10.1. The minimum Gasteiger partial charge on any atom is -0.493 e. The summed E-state index contributed by atoms with van der Waals surface area (Å²) in [7, 11) is 1.93. The number of ether oxygens (including phenoxy) is 3. The van der Waals surface area contributed by atoms with Crippen LogP contribution < -0.4 is 19.9 Å². The summed E-state index contributed by atoms with van der Waals surface area (Å²) in [4.78, 5) is 0. The first-order valence-electron chi connectivity index (χ1n) is 7.00. The van der Waals surface area contributed by atoms with Crippen molar-refractivity contribution >= 4 is 0 Å². The fraction of sp³-hybridized carbons (Fsp3) is 0.400. The SMILES string of the molecule is Cn1nccc1CCOc1cc2c(cc1CCN)OCO2. The van der Waals surface area contributed by atoms with Crippen LogP contribution in [-0.4, -0.2) is 29.7 Å². The van der Waals surface area contributed by atoms with Crippen LogP contribution in [-0.2, 0) is 19.9 Å². The smallest absolute Gasteiger partial charge is 0.231 e. The van der Waals surface area contributed by atoms with Crippen molar-refractivity contribution in [3.05, 3.63) is 35.7 Å². The molecule has 0 saturated heterocycles. The van der Waals surface area contributed by atoms with Gasteiger partial charge in [-0.05, 0) is 30.7 Å². The van der Waals surface area contributed by atoms with Gasteiger partial charge in [-0.1, -0.05) is 0 Å². The minimum absolute atomic E-state index is 0.260. The number of fused-ring (bicyclic) bond motifs is 1. The van der Waals surface area contributed by atoms with E-state index in [1.165, 1.54) is 0 Å². The van der Waals surface area contributed by atoms with Gasteiger partial charge in [-0.2, -0.15) is 5.10 Å². The molecule has 2 heterocycles. The first-order chi connectivity index (χ1) is 10.3. The van der Waals surface area contributed by atoms with Crippen LogP contribution in [0.4, 0.5) is 0 Å². The van der Waals surface area contributed by atoms with Gasteiger partial charge in [0.25, 0.3) is 0 Å². The third-order valence-corrected chi connectivity index (χ3v) is 3.51. The topological polar surface area (TPSA) is 71.5 Å². The molecule has 2 aromatic rings. The third-order valence-electron chi connectivity index (χ3n) is 3.51. The molecule has 0 radical (unpaired) electrons. The van der Waals surface area contributed by atoms with E-state index in [2.05, 4.69) is 5.10 Å². The summed E-state index contributed by atoms with van der Waals surface area (Å²) < 4.78 is 18.5. The maximum absolute atomic E-state index is 5.91. The highest BCUT2D eigenvalue weighted by molar-refractivity contribution is 5.52. The van der Waals surface area contributed by atoms with Gasteiger partial charge >= 0.3 is 0 Å². The van der Waals surface area contributed by atoms with Gasteiger partial charge in [-0.25, -0.2) is 0 Å². The lowest BCUT2D eigenvalue weighted by Gasteiger charge is -2.12. The van der Waals surface area contributed by atoms with Crippen molar-refractivity contribution in [3.8, 4) is 17.2 Å². The van der Waals surface area contributed by atoms with Gasteiger partial charge in [0.05, 0.1) is 6.61 Å².